The van der Waals surface area contributed by atoms with E-state index in [1.54, 1.807) is 0 Å². The number of unbranched alkanes of at least 4 members (excludes halogenated alkanes) is 5. The van der Waals surface area contributed by atoms with Gasteiger partial charge in [-0.1, -0.05) is 63.3 Å². The molecule has 0 fully saturated rings. The lowest BCUT2D eigenvalue weighted by Gasteiger charge is -2.24. The molecular formula is C20H38N2O2. The van der Waals surface area contributed by atoms with Crippen molar-refractivity contribution < 1.29 is 10.2 Å². The summed E-state index contributed by atoms with van der Waals surface area (Å²) in [6.45, 7) is 1.89. The number of nitrogens with two attached hydrogens (primary N) is 2. The molecule has 0 saturated carbocycles. The predicted molar refractivity (Wildman–Crippen MR) is 103 cm³/mol. The standard InChI is InChI=1S/C19H33NO2.CH5N/c1-2-3-4-5-6-7-8-17-9-11-18(12-10-17)13-14-19(20,15-21)16-22;1-2/h9-12,21-22H,2-8,13-16,20H2,1H3;2H2,1H3. The minimum Gasteiger partial charge on any atom is -0.394 e. The molecule has 0 aliphatic carbocycles. The molecule has 1 aromatic rings. The molecule has 0 atom stereocenters. The second kappa shape index (κ2) is 14.4. The van der Waals surface area contributed by atoms with Crippen molar-refractivity contribution in [2.24, 2.45) is 11.5 Å². The SMILES string of the molecule is CCCCCCCCc1ccc(CCC(N)(CO)CO)cc1.CN. The number of rotatable bonds is 12. The average molecular weight is 339 g/mol. The largest absolute Gasteiger partial charge is 0.394 e. The molecule has 0 aromatic heterocycles. The number of benzene rings is 1. The molecule has 0 aliphatic rings. The molecule has 1 rings (SSSR count). The van der Waals surface area contributed by atoms with Crippen LogP contribution in [-0.4, -0.2) is 36.0 Å². The number of aryl methyl sites for hydroxylation is 2. The molecular weight excluding hydrogens is 300 g/mol. The Kier molecular flexibility index (Phi) is 13.8. The fourth-order valence-electron chi connectivity index (χ4n) is 2.58. The van der Waals surface area contributed by atoms with Crippen LogP contribution in [0.25, 0.3) is 0 Å². The van der Waals surface area contributed by atoms with E-state index in [9.17, 15) is 10.2 Å². The Balaban J connectivity index is 0.00000254. The van der Waals surface area contributed by atoms with Crippen LogP contribution in [0.1, 0.15) is 63.0 Å². The summed E-state index contributed by atoms with van der Waals surface area (Å²) < 4.78 is 0. The highest BCUT2D eigenvalue weighted by atomic mass is 16.3. The summed E-state index contributed by atoms with van der Waals surface area (Å²) in [6, 6.07) is 8.66. The van der Waals surface area contributed by atoms with Crippen molar-refractivity contribution in [1.29, 1.82) is 0 Å². The predicted octanol–water partition coefficient (Wildman–Crippen LogP) is 2.78. The van der Waals surface area contributed by atoms with Gasteiger partial charge in [0.05, 0.1) is 18.8 Å². The first-order valence-corrected chi connectivity index (χ1v) is 9.29. The maximum absolute atomic E-state index is 9.20. The van der Waals surface area contributed by atoms with Gasteiger partial charge in [0.15, 0.2) is 0 Å². The quantitative estimate of drug-likeness (QED) is 0.441. The Hall–Kier alpha value is -0.940. The maximum atomic E-state index is 9.20. The Bertz CT molecular complexity index is 389. The summed E-state index contributed by atoms with van der Waals surface area (Å²) in [5, 5.41) is 18.4. The number of hydrogen-bond donors (Lipinski definition) is 4. The van der Waals surface area contributed by atoms with Gasteiger partial charge in [-0.15, -0.1) is 0 Å². The van der Waals surface area contributed by atoms with Gasteiger partial charge in [0, 0.05) is 0 Å². The fraction of sp³-hybridized carbons (Fsp3) is 0.700. The first kappa shape index (κ1) is 23.1. The molecule has 0 heterocycles. The third-order valence-corrected chi connectivity index (χ3v) is 4.38. The van der Waals surface area contributed by atoms with Crippen LogP contribution in [0.4, 0.5) is 0 Å². The lowest BCUT2D eigenvalue weighted by Crippen LogP contribution is -2.47. The first-order chi connectivity index (χ1) is 11.6. The van der Waals surface area contributed by atoms with E-state index in [0.717, 1.165) is 12.8 Å². The van der Waals surface area contributed by atoms with Gasteiger partial charge in [-0.2, -0.15) is 0 Å². The van der Waals surface area contributed by atoms with Crippen molar-refractivity contribution >= 4 is 0 Å². The van der Waals surface area contributed by atoms with E-state index in [2.05, 4.69) is 36.9 Å². The van der Waals surface area contributed by atoms with E-state index in [1.165, 1.54) is 56.7 Å². The zero-order chi connectivity index (χ0) is 18.3. The van der Waals surface area contributed by atoms with E-state index < -0.39 is 5.54 Å². The third-order valence-electron chi connectivity index (χ3n) is 4.38. The van der Waals surface area contributed by atoms with E-state index in [1.807, 2.05) is 0 Å². The Morgan fingerprint density at radius 2 is 1.25 bits per heavy atom. The topological polar surface area (TPSA) is 92.5 Å². The Labute approximate surface area is 148 Å². The van der Waals surface area contributed by atoms with Crippen LogP contribution in [0.15, 0.2) is 24.3 Å². The van der Waals surface area contributed by atoms with E-state index in [-0.39, 0.29) is 13.2 Å². The minimum absolute atomic E-state index is 0.181. The number of hydrogen-bond acceptors (Lipinski definition) is 4. The average Bonchev–Trinajstić information content (AvgIpc) is 2.65. The summed E-state index contributed by atoms with van der Waals surface area (Å²) >= 11 is 0. The second-order valence-corrected chi connectivity index (χ2v) is 6.51. The maximum Gasteiger partial charge on any atom is 0.0633 e. The molecule has 0 saturated heterocycles. The molecule has 1 aromatic carbocycles. The van der Waals surface area contributed by atoms with Gasteiger partial charge in [0.25, 0.3) is 0 Å². The smallest absolute Gasteiger partial charge is 0.0633 e. The van der Waals surface area contributed by atoms with Gasteiger partial charge in [0.1, 0.15) is 0 Å². The van der Waals surface area contributed by atoms with Crippen molar-refractivity contribution in [3.8, 4) is 0 Å². The molecule has 0 unspecified atom stereocenters. The molecule has 4 heteroatoms. The van der Waals surface area contributed by atoms with E-state index >= 15 is 0 Å². The van der Waals surface area contributed by atoms with E-state index in [0.29, 0.717) is 6.42 Å². The van der Waals surface area contributed by atoms with Gasteiger partial charge in [-0.05, 0) is 43.9 Å². The third kappa shape index (κ3) is 10.0. The van der Waals surface area contributed by atoms with Gasteiger partial charge < -0.3 is 21.7 Å². The van der Waals surface area contributed by atoms with Gasteiger partial charge in [-0.25, -0.2) is 0 Å². The molecule has 140 valence electrons. The van der Waals surface area contributed by atoms with Crippen LogP contribution in [-0.2, 0) is 12.8 Å². The Morgan fingerprint density at radius 1 is 0.792 bits per heavy atom. The highest BCUT2D eigenvalue weighted by molar-refractivity contribution is 5.23. The van der Waals surface area contributed by atoms with Crippen LogP contribution in [0.3, 0.4) is 0 Å². The summed E-state index contributed by atoms with van der Waals surface area (Å²) in [5.41, 5.74) is 12.1. The highest BCUT2D eigenvalue weighted by Gasteiger charge is 2.22. The molecule has 0 amide bonds. The van der Waals surface area contributed by atoms with Crippen molar-refractivity contribution in [2.75, 3.05) is 20.3 Å². The number of aliphatic hydroxyl groups is 2. The normalized spacial score (nSPS) is 11.1. The van der Waals surface area contributed by atoms with Crippen LogP contribution in [0, 0.1) is 0 Å². The van der Waals surface area contributed by atoms with Crippen LogP contribution < -0.4 is 11.5 Å². The first-order valence-electron chi connectivity index (χ1n) is 9.29. The zero-order valence-corrected chi connectivity index (χ0v) is 15.6. The molecule has 0 spiro atoms. The number of aliphatic hydroxyl groups excluding tert-OH is 2. The van der Waals surface area contributed by atoms with Crippen LogP contribution >= 0.6 is 0 Å². The summed E-state index contributed by atoms with van der Waals surface area (Å²) in [7, 11) is 1.50. The molecule has 6 N–H and O–H groups in total. The van der Waals surface area contributed by atoms with Crippen LogP contribution in [0.5, 0.6) is 0 Å². The fourth-order valence-corrected chi connectivity index (χ4v) is 2.58. The summed E-state index contributed by atoms with van der Waals surface area (Å²) in [6.07, 6.45) is 10.5. The molecule has 0 aliphatic heterocycles. The molecule has 0 bridgehead atoms. The van der Waals surface area contributed by atoms with Gasteiger partial charge >= 0.3 is 0 Å². The van der Waals surface area contributed by atoms with Gasteiger partial charge in [-0.3, -0.25) is 0 Å². The lowest BCUT2D eigenvalue weighted by molar-refractivity contribution is 0.115. The molecule has 0 radical (unpaired) electrons. The van der Waals surface area contributed by atoms with Crippen LogP contribution in [0.2, 0.25) is 0 Å². The van der Waals surface area contributed by atoms with Gasteiger partial charge in [0.2, 0.25) is 0 Å². The minimum atomic E-state index is -0.864. The van der Waals surface area contributed by atoms with Crippen molar-refractivity contribution in [2.45, 2.75) is 70.3 Å². The van der Waals surface area contributed by atoms with E-state index in [4.69, 9.17) is 5.73 Å². The second-order valence-electron chi connectivity index (χ2n) is 6.51. The van der Waals surface area contributed by atoms with Crippen molar-refractivity contribution in [1.82, 2.24) is 0 Å². The highest BCUT2D eigenvalue weighted by Crippen LogP contribution is 2.14. The van der Waals surface area contributed by atoms with Crippen molar-refractivity contribution in [3.63, 3.8) is 0 Å². The zero-order valence-electron chi connectivity index (χ0n) is 15.6. The summed E-state index contributed by atoms with van der Waals surface area (Å²) in [5.74, 6) is 0. The summed E-state index contributed by atoms with van der Waals surface area (Å²) in [4.78, 5) is 0. The molecule has 4 nitrogen and oxygen atoms in total. The lowest BCUT2D eigenvalue weighted by atomic mass is 9.93. The molecule has 24 heavy (non-hydrogen) atoms. The Morgan fingerprint density at radius 3 is 1.75 bits per heavy atom. The van der Waals surface area contributed by atoms with Crippen molar-refractivity contribution in [3.05, 3.63) is 35.4 Å². The monoisotopic (exact) mass is 338 g/mol.